The van der Waals surface area contributed by atoms with Crippen molar-refractivity contribution in [2.24, 2.45) is 7.05 Å². The molecule has 3 aromatic heterocycles. The van der Waals surface area contributed by atoms with Gasteiger partial charge < -0.3 is 19.9 Å². The van der Waals surface area contributed by atoms with Crippen molar-refractivity contribution in [1.82, 2.24) is 33.8 Å². The molecular formula is C28H35N9O3S. The molecule has 4 aromatic rings. The average molecular weight is 578 g/mol. The summed E-state index contributed by atoms with van der Waals surface area (Å²) in [5.41, 5.74) is 4.04. The number of nitrogens with zero attached hydrogens (tertiary/aromatic N) is 7. The summed E-state index contributed by atoms with van der Waals surface area (Å²) in [7, 11) is -1.41. The summed E-state index contributed by atoms with van der Waals surface area (Å²) < 4.78 is 29.8. The van der Waals surface area contributed by atoms with Gasteiger partial charge in [-0.15, -0.1) is 0 Å². The first-order valence-corrected chi connectivity index (χ1v) is 16.0. The molecule has 7 rings (SSSR count). The quantitative estimate of drug-likeness (QED) is 0.343. The summed E-state index contributed by atoms with van der Waals surface area (Å²) in [4.78, 5) is 25.1. The lowest BCUT2D eigenvalue weighted by atomic mass is 10.0. The molecule has 0 spiro atoms. The van der Waals surface area contributed by atoms with Crippen LogP contribution in [-0.2, 0) is 23.6 Å². The minimum atomic E-state index is -3.28. The molecule has 1 aliphatic carbocycles. The van der Waals surface area contributed by atoms with Crippen molar-refractivity contribution >= 4 is 44.0 Å². The summed E-state index contributed by atoms with van der Waals surface area (Å²) in [6.45, 7) is 4.41. The van der Waals surface area contributed by atoms with E-state index in [4.69, 9.17) is 0 Å². The second-order valence-corrected chi connectivity index (χ2v) is 13.6. The predicted octanol–water partition coefficient (Wildman–Crippen LogP) is 2.43. The number of aromatic nitrogens is 5. The fourth-order valence-corrected chi connectivity index (χ4v) is 7.60. The standard InChI is InChI=1S/C28H35N9O3S/c1-18-14-36-17-25(31-27(36)23(29-18)16-37-10-3-13-41(37,39)40)32-28(38)21-6-7-24(22-15-34(2)33-26(21)22)35-11-8-20(9-12-35)30-19-4-5-19/h6-7,14-15,17,19-20,30H,3-5,8-13,16H2,1-2H3,(H,32,38). The maximum absolute atomic E-state index is 13.5. The Balaban J connectivity index is 1.13. The van der Waals surface area contributed by atoms with E-state index in [1.165, 1.54) is 17.1 Å². The van der Waals surface area contributed by atoms with Gasteiger partial charge in [0.15, 0.2) is 11.5 Å². The number of anilines is 2. The first kappa shape index (κ1) is 26.4. The van der Waals surface area contributed by atoms with E-state index < -0.39 is 10.0 Å². The number of carbonyl (C=O) groups is 1. The monoisotopic (exact) mass is 577 g/mol. The zero-order chi connectivity index (χ0) is 28.3. The average Bonchev–Trinajstić information content (AvgIpc) is 3.35. The van der Waals surface area contributed by atoms with E-state index in [-0.39, 0.29) is 18.2 Å². The van der Waals surface area contributed by atoms with Crippen molar-refractivity contribution in [3.8, 4) is 0 Å². The number of aryl methyl sites for hydroxylation is 2. The van der Waals surface area contributed by atoms with Gasteiger partial charge in [0.2, 0.25) is 10.0 Å². The Labute approximate surface area is 238 Å². The van der Waals surface area contributed by atoms with Gasteiger partial charge in [-0.25, -0.2) is 13.4 Å². The van der Waals surface area contributed by atoms with Gasteiger partial charge in [-0.1, -0.05) is 0 Å². The topological polar surface area (TPSA) is 130 Å². The Morgan fingerprint density at radius 3 is 2.54 bits per heavy atom. The van der Waals surface area contributed by atoms with Crippen molar-refractivity contribution in [2.45, 2.75) is 57.7 Å². The number of imidazole rings is 1. The maximum atomic E-state index is 13.5. The Morgan fingerprint density at radius 1 is 1.02 bits per heavy atom. The highest BCUT2D eigenvalue weighted by molar-refractivity contribution is 7.89. The third-order valence-corrected chi connectivity index (χ3v) is 10.2. The minimum absolute atomic E-state index is 0.154. The maximum Gasteiger partial charge on any atom is 0.259 e. The molecular weight excluding hydrogens is 542 g/mol. The molecule has 0 unspecified atom stereocenters. The van der Waals surface area contributed by atoms with E-state index in [1.807, 2.05) is 38.5 Å². The molecule has 5 heterocycles. The summed E-state index contributed by atoms with van der Waals surface area (Å²) in [6, 6.07) is 5.17. The van der Waals surface area contributed by atoms with Crippen LogP contribution >= 0.6 is 0 Å². The van der Waals surface area contributed by atoms with Crippen molar-refractivity contribution in [3.63, 3.8) is 0 Å². The van der Waals surface area contributed by atoms with Gasteiger partial charge in [0, 0.05) is 62.2 Å². The molecule has 0 radical (unpaired) electrons. The van der Waals surface area contributed by atoms with Crippen LogP contribution in [0, 0.1) is 6.92 Å². The fourth-order valence-electron chi connectivity index (χ4n) is 6.12. The van der Waals surface area contributed by atoms with Crippen LogP contribution in [0.25, 0.3) is 16.6 Å². The predicted molar refractivity (Wildman–Crippen MR) is 157 cm³/mol. The highest BCUT2D eigenvalue weighted by Crippen LogP contribution is 2.32. The fraction of sp³-hybridized carbons (Fsp3) is 0.500. The molecule has 2 saturated heterocycles. The van der Waals surface area contributed by atoms with E-state index in [2.05, 4.69) is 30.6 Å². The number of fused-ring (bicyclic) bond motifs is 2. The highest BCUT2D eigenvalue weighted by Gasteiger charge is 2.30. The van der Waals surface area contributed by atoms with E-state index in [0.717, 1.165) is 48.7 Å². The van der Waals surface area contributed by atoms with Crippen molar-refractivity contribution in [2.75, 3.05) is 35.6 Å². The molecule has 2 N–H and O–H groups in total. The van der Waals surface area contributed by atoms with Crippen LogP contribution in [0.5, 0.6) is 0 Å². The summed E-state index contributed by atoms with van der Waals surface area (Å²) in [6.07, 6.45) is 10.9. The largest absolute Gasteiger partial charge is 0.371 e. The number of piperidine rings is 1. The third kappa shape index (κ3) is 5.17. The van der Waals surface area contributed by atoms with Gasteiger partial charge >= 0.3 is 0 Å². The second kappa shape index (κ2) is 10.1. The van der Waals surface area contributed by atoms with E-state index in [0.29, 0.717) is 47.2 Å². The van der Waals surface area contributed by atoms with Crippen LogP contribution in [0.3, 0.4) is 0 Å². The molecule has 3 aliphatic rings. The van der Waals surface area contributed by atoms with Crippen molar-refractivity contribution in [1.29, 1.82) is 0 Å². The van der Waals surface area contributed by atoms with Gasteiger partial charge in [0.05, 0.1) is 35.4 Å². The van der Waals surface area contributed by atoms with E-state index in [1.54, 1.807) is 15.3 Å². The first-order chi connectivity index (χ1) is 19.7. The van der Waals surface area contributed by atoms with Gasteiger partial charge in [-0.3, -0.25) is 14.5 Å². The molecule has 41 heavy (non-hydrogen) atoms. The van der Waals surface area contributed by atoms with Crippen LogP contribution in [-0.4, -0.2) is 80.3 Å². The van der Waals surface area contributed by atoms with Crippen molar-refractivity contribution < 1.29 is 13.2 Å². The van der Waals surface area contributed by atoms with Gasteiger partial charge in [0.25, 0.3) is 5.91 Å². The number of benzene rings is 1. The molecule has 1 amide bonds. The van der Waals surface area contributed by atoms with Gasteiger partial charge in [0.1, 0.15) is 5.52 Å². The molecule has 0 atom stereocenters. The Morgan fingerprint density at radius 2 is 1.80 bits per heavy atom. The number of hydrogen-bond acceptors (Lipinski definition) is 8. The molecule has 2 aliphatic heterocycles. The number of rotatable bonds is 7. The number of amides is 1. The first-order valence-electron chi connectivity index (χ1n) is 14.4. The third-order valence-electron chi connectivity index (χ3n) is 8.30. The van der Waals surface area contributed by atoms with E-state index >= 15 is 0 Å². The smallest absolute Gasteiger partial charge is 0.259 e. The number of carbonyl (C=O) groups excluding carboxylic acids is 1. The lowest BCUT2D eigenvalue weighted by Crippen LogP contribution is -2.43. The van der Waals surface area contributed by atoms with E-state index in [9.17, 15) is 13.2 Å². The molecule has 216 valence electrons. The second-order valence-electron chi connectivity index (χ2n) is 11.5. The van der Waals surface area contributed by atoms with Crippen LogP contribution in [0.1, 0.15) is 53.8 Å². The minimum Gasteiger partial charge on any atom is -0.371 e. The van der Waals surface area contributed by atoms with Gasteiger partial charge in [-0.2, -0.15) is 9.40 Å². The molecule has 3 fully saturated rings. The Hall–Kier alpha value is -3.55. The normalized spacial score (nSPS) is 19.9. The Kier molecular flexibility index (Phi) is 6.47. The number of hydrogen-bond donors (Lipinski definition) is 2. The number of nitrogens with one attached hydrogen (secondary N) is 2. The van der Waals surface area contributed by atoms with Crippen LogP contribution in [0.2, 0.25) is 0 Å². The van der Waals surface area contributed by atoms with Crippen LogP contribution in [0.15, 0.2) is 30.7 Å². The van der Waals surface area contributed by atoms with Gasteiger partial charge in [-0.05, 0) is 51.2 Å². The Bertz CT molecular complexity index is 1750. The molecule has 13 heteroatoms. The SMILES string of the molecule is Cc1cn2cc(NC(=O)c3ccc(N4CCC(NC5CC5)CC4)c4cn(C)nc34)nc2c(CN2CCCS2(=O)=O)n1. The lowest BCUT2D eigenvalue weighted by Gasteiger charge is -2.34. The summed E-state index contributed by atoms with van der Waals surface area (Å²) in [5, 5.41) is 12.3. The lowest BCUT2D eigenvalue weighted by molar-refractivity contribution is 0.102. The summed E-state index contributed by atoms with van der Waals surface area (Å²) in [5.74, 6) is 0.220. The number of sulfonamides is 1. The zero-order valence-corrected chi connectivity index (χ0v) is 24.2. The molecule has 0 bridgehead atoms. The zero-order valence-electron chi connectivity index (χ0n) is 23.4. The summed E-state index contributed by atoms with van der Waals surface area (Å²) >= 11 is 0. The molecule has 1 aromatic carbocycles. The van der Waals surface area contributed by atoms with Crippen molar-refractivity contribution in [3.05, 3.63) is 47.7 Å². The van der Waals surface area contributed by atoms with Crippen LogP contribution < -0.4 is 15.5 Å². The molecule has 1 saturated carbocycles. The highest BCUT2D eigenvalue weighted by atomic mass is 32.2. The van der Waals surface area contributed by atoms with Crippen LogP contribution in [0.4, 0.5) is 11.5 Å². The molecule has 12 nitrogen and oxygen atoms in total.